The summed E-state index contributed by atoms with van der Waals surface area (Å²) in [4.78, 5) is 12.5. The molecule has 2 N–H and O–H groups in total. The van der Waals surface area contributed by atoms with E-state index in [1.807, 2.05) is 16.9 Å². The SMILES string of the molecule is O=C(NC1C2Cc3ccccc3C21)c1ccn(C2CCCNC2)n1. The number of nitrogens with zero attached hydrogens (tertiary/aromatic N) is 2. The Labute approximate surface area is 141 Å². The van der Waals surface area contributed by atoms with E-state index in [0.29, 0.717) is 23.6 Å². The van der Waals surface area contributed by atoms with E-state index in [4.69, 9.17) is 0 Å². The third kappa shape index (κ3) is 2.26. The molecule has 0 bridgehead atoms. The molecule has 4 atom stereocenters. The topological polar surface area (TPSA) is 59.0 Å². The van der Waals surface area contributed by atoms with Crippen molar-refractivity contribution >= 4 is 5.91 Å². The van der Waals surface area contributed by atoms with Gasteiger partial charge in [-0.3, -0.25) is 9.48 Å². The minimum atomic E-state index is -0.0330. The van der Waals surface area contributed by atoms with E-state index < -0.39 is 0 Å². The lowest BCUT2D eigenvalue weighted by atomic mass is 10.1. The monoisotopic (exact) mass is 322 g/mol. The summed E-state index contributed by atoms with van der Waals surface area (Å²) in [5.74, 6) is 1.06. The van der Waals surface area contributed by atoms with Gasteiger partial charge >= 0.3 is 0 Å². The minimum absolute atomic E-state index is 0.0330. The number of benzene rings is 1. The van der Waals surface area contributed by atoms with Gasteiger partial charge in [-0.15, -0.1) is 0 Å². The third-order valence-electron chi connectivity index (χ3n) is 5.82. The van der Waals surface area contributed by atoms with Crippen LogP contribution in [0.3, 0.4) is 0 Å². The van der Waals surface area contributed by atoms with E-state index in [1.165, 1.54) is 11.1 Å². The Bertz CT molecular complexity index is 777. The minimum Gasteiger partial charge on any atom is -0.347 e. The molecule has 5 nitrogen and oxygen atoms in total. The summed E-state index contributed by atoms with van der Waals surface area (Å²) in [7, 11) is 0. The summed E-state index contributed by atoms with van der Waals surface area (Å²) < 4.78 is 1.95. The molecule has 5 heteroatoms. The van der Waals surface area contributed by atoms with Crippen LogP contribution in [-0.4, -0.2) is 34.8 Å². The molecule has 1 saturated carbocycles. The number of carbonyl (C=O) groups excluding carboxylic acids is 1. The molecule has 4 unspecified atom stereocenters. The summed E-state index contributed by atoms with van der Waals surface area (Å²) in [6.45, 7) is 2.02. The Kier molecular flexibility index (Phi) is 3.23. The molecule has 0 radical (unpaired) electrons. The van der Waals surface area contributed by atoms with E-state index in [0.717, 1.165) is 32.4 Å². The van der Waals surface area contributed by atoms with Gasteiger partial charge in [0.1, 0.15) is 5.69 Å². The molecule has 5 rings (SSSR count). The second kappa shape index (κ2) is 5.45. The zero-order chi connectivity index (χ0) is 16.1. The normalized spacial score (nSPS) is 30.5. The van der Waals surface area contributed by atoms with E-state index in [9.17, 15) is 4.79 Å². The highest BCUT2D eigenvalue weighted by Crippen LogP contribution is 2.56. The van der Waals surface area contributed by atoms with Gasteiger partial charge in [-0.25, -0.2) is 0 Å². The first-order chi connectivity index (χ1) is 11.8. The molecule has 24 heavy (non-hydrogen) atoms. The average Bonchev–Trinajstić information content (AvgIpc) is 3.02. The summed E-state index contributed by atoms with van der Waals surface area (Å²) in [6.07, 6.45) is 5.32. The molecule has 2 aromatic rings. The van der Waals surface area contributed by atoms with Gasteiger partial charge in [-0.2, -0.15) is 5.10 Å². The fourth-order valence-electron chi connectivity index (χ4n) is 4.49. The first-order valence-electron chi connectivity index (χ1n) is 8.96. The smallest absolute Gasteiger partial charge is 0.272 e. The molecule has 3 aliphatic rings. The van der Waals surface area contributed by atoms with Gasteiger partial charge in [0.15, 0.2) is 0 Å². The zero-order valence-corrected chi connectivity index (χ0v) is 13.6. The van der Waals surface area contributed by atoms with Crippen molar-refractivity contribution in [3.8, 4) is 0 Å². The second-order valence-electron chi connectivity index (χ2n) is 7.27. The molecule has 2 aliphatic carbocycles. The van der Waals surface area contributed by atoms with Crippen LogP contribution in [-0.2, 0) is 6.42 Å². The molecule has 1 amide bonds. The fraction of sp³-hybridized carbons (Fsp3) is 0.474. The molecule has 2 heterocycles. The molecular formula is C19H22N4O. The van der Waals surface area contributed by atoms with Crippen molar-refractivity contribution in [2.75, 3.05) is 13.1 Å². The van der Waals surface area contributed by atoms with Gasteiger partial charge in [-0.1, -0.05) is 24.3 Å². The Morgan fingerprint density at radius 3 is 3.08 bits per heavy atom. The maximum atomic E-state index is 12.5. The largest absolute Gasteiger partial charge is 0.347 e. The Balaban J connectivity index is 1.25. The lowest BCUT2D eigenvalue weighted by Crippen LogP contribution is -2.32. The van der Waals surface area contributed by atoms with Crippen LogP contribution in [0.1, 0.15) is 46.4 Å². The maximum absolute atomic E-state index is 12.5. The van der Waals surface area contributed by atoms with E-state index in [-0.39, 0.29) is 11.9 Å². The number of fused-ring (bicyclic) bond motifs is 3. The Morgan fingerprint density at radius 1 is 1.29 bits per heavy atom. The first-order valence-corrected chi connectivity index (χ1v) is 8.96. The van der Waals surface area contributed by atoms with Crippen LogP contribution in [0, 0.1) is 5.92 Å². The van der Waals surface area contributed by atoms with Crippen LogP contribution in [0.4, 0.5) is 0 Å². The Hall–Kier alpha value is -2.14. The number of carbonyl (C=O) groups is 1. The highest BCUT2D eigenvalue weighted by Gasteiger charge is 2.56. The Morgan fingerprint density at radius 2 is 2.21 bits per heavy atom. The number of rotatable bonds is 3. The number of hydrogen-bond acceptors (Lipinski definition) is 3. The van der Waals surface area contributed by atoms with Gasteiger partial charge in [0, 0.05) is 24.7 Å². The predicted molar refractivity (Wildman–Crippen MR) is 91.0 cm³/mol. The van der Waals surface area contributed by atoms with Crippen molar-refractivity contribution in [1.82, 2.24) is 20.4 Å². The zero-order valence-electron chi connectivity index (χ0n) is 13.6. The lowest BCUT2D eigenvalue weighted by Gasteiger charge is -2.22. The number of hydrogen-bond donors (Lipinski definition) is 2. The summed E-state index contributed by atoms with van der Waals surface area (Å²) >= 11 is 0. The van der Waals surface area contributed by atoms with E-state index in [1.54, 1.807) is 0 Å². The van der Waals surface area contributed by atoms with Crippen LogP contribution in [0.25, 0.3) is 0 Å². The third-order valence-corrected chi connectivity index (χ3v) is 5.82. The lowest BCUT2D eigenvalue weighted by molar-refractivity contribution is 0.0941. The number of amides is 1. The molecule has 0 spiro atoms. The molecular weight excluding hydrogens is 300 g/mol. The van der Waals surface area contributed by atoms with Gasteiger partial charge in [0.05, 0.1) is 6.04 Å². The van der Waals surface area contributed by atoms with Gasteiger partial charge in [0.25, 0.3) is 5.91 Å². The van der Waals surface area contributed by atoms with Crippen LogP contribution in [0.5, 0.6) is 0 Å². The average molecular weight is 322 g/mol. The van der Waals surface area contributed by atoms with Crippen LogP contribution >= 0.6 is 0 Å². The number of piperidine rings is 1. The molecule has 1 aromatic carbocycles. The number of nitrogens with one attached hydrogen (secondary N) is 2. The second-order valence-corrected chi connectivity index (χ2v) is 7.27. The number of aromatic nitrogens is 2. The molecule has 1 aromatic heterocycles. The van der Waals surface area contributed by atoms with E-state index >= 15 is 0 Å². The maximum Gasteiger partial charge on any atom is 0.272 e. The van der Waals surface area contributed by atoms with Crippen LogP contribution in [0.2, 0.25) is 0 Å². The van der Waals surface area contributed by atoms with Gasteiger partial charge < -0.3 is 10.6 Å². The van der Waals surface area contributed by atoms with Crippen LogP contribution in [0.15, 0.2) is 36.5 Å². The van der Waals surface area contributed by atoms with Crippen molar-refractivity contribution in [2.45, 2.75) is 37.3 Å². The van der Waals surface area contributed by atoms with Crippen LogP contribution < -0.4 is 10.6 Å². The molecule has 2 fully saturated rings. The van der Waals surface area contributed by atoms with Crippen molar-refractivity contribution in [1.29, 1.82) is 0 Å². The summed E-state index contributed by atoms with van der Waals surface area (Å²) in [5.41, 5.74) is 3.41. The summed E-state index contributed by atoms with van der Waals surface area (Å²) in [5, 5.41) is 11.1. The van der Waals surface area contributed by atoms with Crippen molar-refractivity contribution < 1.29 is 4.79 Å². The van der Waals surface area contributed by atoms with Gasteiger partial charge in [-0.05, 0) is 48.9 Å². The highest BCUT2D eigenvalue weighted by atomic mass is 16.2. The standard InChI is InChI=1S/C19H22N4O/c24-19(16-7-9-23(22-16)13-5-3-8-20-11-13)21-18-15-10-12-4-1-2-6-14(12)17(15)18/h1-2,4,6-7,9,13,15,17-18,20H,3,5,8,10-11H2,(H,21,24). The molecule has 1 aliphatic heterocycles. The predicted octanol–water partition coefficient (Wildman–Crippen LogP) is 1.88. The van der Waals surface area contributed by atoms with Gasteiger partial charge in [0.2, 0.25) is 0 Å². The van der Waals surface area contributed by atoms with E-state index in [2.05, 4.69) is 40.0 Å². The highest BCUT2D eigenvalue weighted by molar-refractivity contribution is 5.92. The summed E-state index contributed by atoms with van der Waals surface area (Å²) in [6, 6.07) is 11.1. The van der Waals surface area contributed by atoms with Crippen molar-refractivity contribution in [3.05, 3.63) is 53.3 Å². The molecule has 1 saturated heterocycles. The quantitative estimate of drug-likeness (QED) is 0.907. The fourth-order valence-corrected chi connectivity index (χ4v) is 4.49. The van der Waals surface area contributed by atoms with Crippen molar-refractivity contribution in [3.63, 3.8) is 0 Å². The van der Waals surface area contributed by atoms with Crippen molar-refractivity contribution in [2.24, 2.45) is 5.92 Å². The first kappa shape index (κ1) is 14.2. The molecule has 124 valence electrons.